The van der Waals surface area contributed by atoms with Crippen LogP contribution in [-0.2, 0) is 9.53 Å². The van der Waals surface area contributed by atoms with Crippen LogP contribution in [0.3, 0.4) is 0 Å². The highest BCUT2D eigenvalue weighted by Crippen LogP contribution is 2.43. The maximum atomic E-state index is 12.8. The molecule has 3 rings (SSSR count). The summed E-state index contributed by atoms with van der Waals surface area (Å²) >= 11 is 3.51. The van der Waals surface area contributed by atoms with Crippen LogP contribution in [0.2, 0.25) is 0 Å². The lowest BCUT2D eigenvalue weighted by Crippen LogP contribution is -2.45. The topological polar surface area (TPSA) is 95.1 Å². The first-order valence-electron chi connectivity index (χ1n) is 8.89. The van der Waals surface area contributed by atoms with E-state index in [2.05, 4.69) is 26.6 Å². The largest absolute Gasteiger partial charge is 0.497 e. The lowest BCUT2D eigenvalue weighted by molar-refractivity contribution is -0.136. The van der Waals surface area contributed by atoms with E-state index in [1.165, 1.54) is 21.3 Å². The number of ether oxygens (including phenoxy) is 4. The Morgan fingerprint density at radius 3 is 2.23 bits per heavy atom. The number of benzene rings is 2. The molecule has 2 amide bonds. The number of esters is 1. The summed E-state index contributed by atoms with van der Waals surface area (Å²) in [6, 6.07) is 9.19. The number of carbonyl (C=O) groups excluding carboxylic acids is 2. The molecule has 1 heterocycles. The molecular weight excluding hydrogens is 456 g/mol. The highest BCUT2D eigenvalue weighted by atomic mass is 79.9. The monoisotopic (exact) mass is 476 g/mol. The number of rotatable bonds is 6. The van der Waals surface area contributed by atoms with Crippen molar-refractivity contribution in [2.24, 2.45) is 0 Å². The van der Waals surface area contributed by atoms with Crippen LogP contribution in [0.4, 0.5) is 4.79 Å². The fourth-order valence-corrected chi connectivity index (χ4v) is 3.96. The summed E-state index contributed by atoms with van der Waals surface area (Å²) in [7, 11) is 5.88. The van der Waals surface area contributed by atoms with Crippen molar-refractivity contribution < 1.29 is 28.5 Å². The molecule has 1 unspecified atom stereocenters. The van der Waals surface area contributed by atoms with Gasteiger partial charge in [-0.1, -0.05) is 6.07 Å². The Morgan fingerprint density at radius 2 is 1.67 bits per heavy atom. The van der Waals surface area contributed by atoms with Gasteiger partial charge in [0.25, 0.3) is 0 Å². The van der Waals surface area contributed by atoms with Gasteiger partial charge in [0.1, 0.15) is 5.75 Å². The zero-order valence-electron chi connectivity index (χ0n) is 16.9. The Kier molecular flexibility index (Phi) is 6.51. The summed E-state index contributed by atoms with van der Waals surface area (Å²) in [6.45, 7) is 0. The molecule has 1 aliphatic rings. The van der Waals surface area contributed by atoms with Gasteiger partial charge in [0.05, 0.1) is 50.2 Å². The van der Waals surface area contributed by atoms with E-state index in [1.807, 2.05) is 0 Å². The van der Waals surface area contributed by atoms with Crippen LogP contribution in [-0.4, -0.2) is 40.4 Å². The van der Waals surface area contributed by atoms with Crippen molar-refractivity contribution in [2.45, 2.75) is 6.04 Å². The Labute approximate surface area is 182 Å². The number of nitrogens with one attached hydrogen (secondary N) is 2. The molecule has 1 atom stereocenters. The molecule has 0 spiro atoms. The van der Waals surface area contributed by atoms with E-state index in [0.717, 1.165) is 0 Å². The summed E-state index contributed by atoms with van der Waals surface area (Å²) in [5.41, 5.74) is 1.83. The van der Waals surface area contributed by atoms with Gasteiger partial charge in [-0.05, 0) is 57.4 Å². The average Bonchev–Trinajstić information content (AvgIpc) is 2.77. The molecule has 0 aliphatic carbocycles. The molecule has 2 aromatic carbocycles. The van der Waals surface area contributed by atoms with Crippen LogP contribution in [0.1, 0.15) is 17.2 Å². The Balaban J connectivity index is 2.22. The number of amides is 2. The first-order chi connectivity index (χ1) is 14.4. The first kappa shape index (κ1) is 21.5. The predicted molar refractivity (Wildman–Crippen MR) is 114 cm³/mol. The Bertz CT molecular complexity index is 1000. The molecule has 9 heteroatoms. The molecule has 30 heavy (non-hydrogen) atoms. The number of methoxy groups -OCH3 is 4. The lowest BCUT2D eigenvalue weighted by atomic mass is 9.92. The van der Waals surface area contributed by atoms with Crippen LogP contribution in [0, 0.1) is 0 Å². The molecule has 0 aromatic heterocycles. The fourth-order valence-electron chi connectivity index (χ4n) is 3.24. The summed E-state index contributed by atoms with van der Waals surface area (Å²) in [5, 5.41) is 5.51. The summed E-state index contributed by atoms with van der Waals surface area (Å²) in [4.78, 5) is 25.3. The number of carbonyl (C=O) groups is 2. The zero-order valence-corrected chi connectivity index (χ0v) is 18.5. The molecule has 0 saturated heterocycles. The summed E-state index contributed by atoms with van der Waals surface area (Å²) in [5.74, 6) is 1.02. The lowest BCUT2D eigenvalue weighted by Gasteiger charge is -2.30. The van der Waals surface area contributed by atoms with Crippen molar-refractivity contribution in [1.82, 2.24) is 10.6 Å². The van der Waals surface area contributed by atoms with E-state index >= 15 is 0 Å². The van der Waals surface area contributed by atoms with Crippen molar-refractivity contribution in [3.63, 3.8) is 0 Å². The predicted octanol–water partition coefficient (Wildman–Crippen LogP) is 3.41. The standard InChI is InChI=1S/C21H21BrN2O6/c1-27-12-7-5-11(6-8-12)17-15(20(25)30-4)18(24-21(26)23-17)13-9-10-14(28-2)19(29-3)16(13)22/h5-10,18H,1-4H3,(H2,23,24,26). The van der Waals surface area contributed by atoms with E-state index in [1.54, 1.807) is 43.5 Å². The second-order valence-electron chi connectivity index (χ2n) is 6.24. The van der Waals surface area contributed by atoms with E-state index in [-0.39, 0.29) is 5.57 Å². The molecule has 158 valence electrons. The van der Waals surface area contributed by atoms with Crippen LogP contribution < -0.4 is 24.8 Å². The van der Waals surface area contributed by atoms with Gasteiger partial charge < -0.3 is 29.6 Å². The van der Waals surface area contributed by atoms with Crippen molar-refractivity contribution >= 4 is 33.6 Å². The van der Waals surface area contributed by atoms with Crippen LogP contribution >= 0.6 is 15.9 Å². The second kappa shape index (κ2) is 9.08. The van der Waals surface area contributed by atoms with Gasteiger partial charge in [0.15, 0.2) is 11.5 Å². The van der Waals surface area contributed by atoms with Crippen LogP contribution in [0.5, 0.6) is 17.2 Å². The first-order valence-corrected chi connectivity index (χ1v) is 9.69. The molecule has 1 aliphatic heterocycles. The molecule has 2 aromatic rings. The minimum Gasteiger partial charge on any atom is -0.497 e. The number of hydrogen-bond donors (Lipinski definition) is 2. The Morgan fingerprint density at radius 1 is 0.967 bits per heavy atom. The smallest absolute Gasteiger partial charge is 0.338 e. The zero-order chi connectivity index (χ0) is 21.8. The fraction of sp³-hybridized carbons (Fsp3) is 0.238. The van der Waals surface area contributed by atoms with Gasteiger partial charge >= 0.3 is 12.0 Å². The third-order valence-corrected chi connectivity index (χ3v) is 5.50. The molecule has 0 fully saturated rings. The Hall–Kier alpha value is -3.20. The van der Waals surface area contributed by atoms with Crippen molar-refractivity contribution in [3.8, 4) is 17.2 Å². The van der Waals surface area contributed by atoms with E-state index < -0.39 is 18.0 Å². The second-order valence-corrected chi connectivity index (χ2v) is 7.04. The van der Waals surface area contributed by atoms with Crippen molar-refractivity contribution in [1.29, 1.82) is 0 Å². The van der Waals surface area contributed by atoms with Gasteiger partial charge in [0, 0.05) is 0 Å². The third kappa shape index (κ3) is 3.93. The van der Waals surface area contributed by atoms with Gasteiger partial charge in [-0.2, -0.15) is 0 Å². The normalized spacial score (nSPS) is 15.8. The average molecular weight is 477 g/mol. The van der Waals surface area contributed by atoms with Crippen LogP contribution in [0.25, 0.3) is 5.70 Å². The van der Waals surface area contributed by atoms with Crippen molar-refractivity contribution in [2.75, 3.05) is 28.4 Å². The molecule has 0 bridgehead atoms. The highest BCUT2D eigenvalue weighted by Gasteiger charge is 2.36. The van der Waals surface area contributed by atoms with Gasteiger partial charge in [-0.25, -0.2) is 9.59 Å². The molecule has 8 nitrogen and oxygen atoms in total. The van der Waals surface area contributed by atoms with Crippen LogP contribution in [0.15, 0.2) is 46.4 Å². The number of halogens is 1. The molecule has 2 N–H and O–H groups in total. The maximum Gasteiger partial charge on any atom is 0.338 e. The highest BCUT2D eigenvalue weighted by molar-refractivity contribution is 9.10. The minimum atomic E-state index is -0.794. The molecule has 0 radical (unpaired) electrons. The van der Waals surface area contributed by atoms with Gasteiger partial charge in [-0.15, -0.1) is 0 Å². The number of hydrogen-bond acceptors (Lipinski definition) is 6. The molecule has 0 saturated carbocycles. The van der Waals surface area contributed by atoms with E-state index in [0.29, 0.717) is 38.5 Å². The quantitative estimate of drug-likeness (QED) is 0.620. The minimum absolute atomic E-state index is 0.246. The van der Waals surface area contributed by atoms with Crippen molar-refractivity contribution in [3.05, 3.63) is 57.6 Å². The molecular formula is C21H21BrN2O6. The number of urea groups is 1. The summed E-state index contributed by atoms with van der Waals surface area (Å²) < 4.78 is 21.5. The van der Waals surface area contributed by atoms with E-state index in [9.17, 15) is 9.59 Å². The van der Waals surface area contributed by atoms with E-state index in [4.69, 9.17) is 18.9 Å². The summed E-state index contributed by atoms with van der Waals surface area (Å²) in [6.07, 6.45) is 0. The SMILES string of the molecule is COC(=O)C1=C(c2ccc(OC)cc2)NC(=O)NC1c1ccc(OC)c(OC)c1Br. The van der Waals surface area contributed by atoms with Gasteiger partial charge in [0.2, 0.25) is 0 Å². The third-order valence-electron chi connectivity index (χ3n) is 4.68. The van der Waals surface area contributed by atoms with Gasteiger partial charge in [-0.3, -0.25) is 0 Å². The maximum absolute atomic E-state index is 12.8.